The Balaban J connectivity index is 1.49. The number of benzene rings is 1. The Labute approximate surface area is 163 Å². The predicted molar refractivity (Wildman–Crippen MR) is 108 cm³/mol. The van der Waals surface area contributed by atoms with E-state index in [0.717, 1.165) is 58.9 Å². The first-order valence-corrected chi connectivity index (χ1v) is 12.0. The molecule has 3 aliphatic heterocycles. The number of piperazine rings is 1. The lowest BCUT2D eigenvalue weighted by atomic mass is 10.0. The van der Waals surface area contributed by atoms with E-state index < -0.39 is 9.84 Å². The van der Waals surface area contributed by atoms with E-state index in [0.29, 0.717) is 11.5 Å². The second-order valence-corrected chi connectivity index (χ2v) is 10.1. The second kappa shape index (κ2) is 8.07. The van der Waals surface area contributed by atoms with Gasteiger partial charge in [0.1, 0.15) is 0 Å². The molecule has 3 fully saturated rings. The van der Waals surface area contributed by atoms with Crippen LogP contribution in [0.1, 0.15) is 18.9 Å². The summed E-state index contributed by atoms with van der Waals surface area (Å²) in [4.78, 5) is 7.17. The zero-order chi connectivity index (χ0) is 18.9. The summed E-state index contributed by atoms with van der Waals surface area (Å²) in [7, 11) is -2.94. The smallest absolute Gasteiger partial charge is 0.153 e. The van der Waals surface area contributed by atoms with Crippen molar-refractivity contribution < 1.29 is 13.2 Å². The van der Waals surface area contributed by atoms with Gasteiger partial charge in [0.05, 0.1) is 24.7 Å². The summed E-state index contributed by atoms with van der Waals surface area (Å²) in [5.74, 6) is 0.628. The molecule has 3 saturated heterocycles. The molecule has 0 bridgehead atoms. The third-order valence-electron chi connectivity index (χ3n) is 6.09. The van der Waals surface area contributed by atoms with E-state index >= 15 is 0 Å². The lowest BCUT2D eigenvalue weighted by molar-refractivity contribution is 0.0405. The molecule has 0 saturated carbocycles. The third-order valence-corrected chi connectivity index (χ3v) is 7.79. The van der Waals surface area contributed by atoms with Gasteiger partial charge in [-0.3, -0.25) is 9.80 Å². The van der Waals surface area contributed by atoms with Gasteiger partial charge in [0.2, 0.25) is 0 Å². The summed E-state index contributed by atoms with van der Waals surface area (Å²) in [6.45, 7) is 9.33. The van der Waals surface area contributed by atoms with Crippen LogP contribution >= 0.6 is 0 Å². The molecule has 2 atom stereocenters. The Hall–Kier alpha value is -1.15. The Kier molecular flexibility index (Phi) is 5.73. The summed E-state index contributed by atoms with van der Waals surface area (Å²) < 4.78 is 30.1. The first kappa shape index (κ1) is 19.2. The van der Waals surface area contributed by atoms with E-state index in [1.54, 1.807) is 0 Å². The number of sulfone groups is 1. The van der Waals surface area contributed by atoms with Crippen LogP contribution in [0.4, 0.5) is 5.69 Å². The van der Waals surface area contributed by atoms with Crippen molar-refractivity contribution in [3.63, 3.8) is 0 Å². The normalized spacial score (nSPS) is 29.0. The standard InChI is InChI=1S/C20H31N3O3S/c1-2-6-22-7-8-23(20-16-27(24,25)15-19(20)22)14-17-4-3-5-18(13-17)21-9-11-26-12-10-21/h3-5,13,19-20H,2,6-12,14-16H2,1H3/t19-,20+/m1/s1. The van der Waals surface area contributed by atoms with Crippen LogP contribution in [-0.4, -0.2) is 87.7 Å². The maximum Gasteiger partial charge on any atom is 0.153 e. The quantitative estimate of drug-likeness (QED) is 0.750. The van der Waals surface area contributed by atoms with Crippen LogP contribution in [-0.2, 0) is 21.1 Å². The highest BCUT2D eigenvalue weighted by molar-refractivity contribution is 7.91. The summed E-state index contributed by atoms with van der Waals surface area (Å²) in [6.07, 6.45) is 1.07. The molecule has 150 valence electrons. The molecule has 0 aliphatic carbocycles. The SMILES string of the molecule is CCCN1CCN(Cc2cccc(N3CCOCC3)c2)[C@H]2CS(=O)(=O)C[C@H]21. The molecular weight excluding hydrogens is 362 g/mol. The van der Waals surface area contributed by atoms with Gasteiger partial charge in [-0.15, -0.1) is 0 Å². The van der Waals surface area contributed by atoms with Crippen molar-refractivity contribution in [2.45, 2.75) is 32.0 Å². The van der Waals surface area contributed by atoms with E-state index in [-0.39, 0.29) is 12.1 Å². The van der Waals surface area contributed by atoms with Gasteiger partial charge in [0.15, 0.2) is 9.84 Å². The molecule has 27 heavy (non-hydrogen) atoms. The van der Waals surface area contributed by atoms with Gasteiger partial charge in [0.25, 0.3) is 0 Å². The molecule has 3 heterocycles. The van der Waals surface area contributed by atoms with Gasteiger partial charge < -0.3 is 9.64 Å². The Bertz CT molecular complexity index is 749. The number of ether oxygens (including phenoxy) is 1. The summed E-state index contributed by atoms with van der Waals surface area (Å²) >= 11 is 0. The zero-order valence-electron chi connectivity index (χ0n) is 16.2. The minimum absolute atomic E-state index is 0.127. The van der Waals surface area contributed by atoms with Crippen molar-refractivity contribution in [1.29, 1.82) is 0 Å². The molecular formula is C20H31N3O3S. The monoisotopic (exact) mass is 393 g/mol. The van der Waals surface area contributed by atoms with Crippen molar-refractivity contribution in [1.82, 2.24) is 9.80 Å². The van der Waals surface area contributed by atoms with Crippen LogP contribution in [0.2, 0.25) is 0 Å². The Morgan fingerprint density at radius 2 is 1.74 bits per heavy atom. The van der Waals surface area contributed by atoms with Gasteiger partial charge in [-0.25, -0.2) is 8.42 Å². The molecule has 1 aromatic rings. The number of fused-ring (bicyclic) bond motifs is 1. The average molecular weight is 394 g/mol. The maximum absolute atomic E-state index is 12.3. The molecule has 0 spiro atoms. The molecule has 0 N–H and O–H groups in total. The fourth-order valence-electron chi connectivity index (χ4n) is 4.77. The van der Waals surface area contributed by atoms with Crippen LogP contribution in [0, 0.1) is 0 Å². The number of anilines is 1. The molecule has 4 rings (SSSR count). The van der Waals surface area contributed by atoms with Crippen molar-refractivity contribution >= 4 is 15.5 Å². The molecule has 7 heteroatoms. The molecule has 0 unspecified atom stereocenters. The Morgan fingerprint density at radius 1 is 1.04 bits per heavy atom. The zero-order valence-corrected chi connectivity index (χ0v) is 17.0. The minimum Gasteiger partial charge on any atom is -0.378 e. The highest BCUT2D eigenvalue weighted by Gasteiger charge is 2.46. The van der Waals surface area contributed by atoms with Crippen molar-refractivity contribution in [2.24, 2.45) is 0 Å². The molecule has 1 aromatic carbocycles. The van der Waals surface area contributed by atoms with E-state index in [1.165, 1.54) is 11.3 Å². The van der Waals surface area contributed by atoms with Crippen LogP contribution in [0.3, 0.4) is 0 Å². The van der Waals surface area contributed by atoms with Gasteiger partial charge in [-0.05, 0) is 30.7 Å². The highest BCUT2D eigenvalue weighted by Crippen LogP contribution is 2.29. The molecule has 0 radical (unpaired) electrons. The first-order valence-electron chi connectivity index (χ1n) is 10.2. The fourth-order valence-corrected chi connectivity index (χ4v) is 6.81. The number of rotatable bonds is 5. The number of hydrogen-bond acceptors (Lipinski definition) is 6. The highest BCUT2D eigenvalue weighted by atomic mass is 32.2. The van der Waals surface area contributed by atoms with Gasteiger partial charge >= 0.3 is 0 Å². The lowest BCUT2D eigenvalue weighted by Crippen LogP contribution is -2.58. The Morgan fingerprint density at radius 3 is 2.48 bits per heavy atom. The number of hydrogen-bond donors (Lipinski definition) is 0. The molecule has 0 aromatic heterocycles. The van der Waals surface area contributed by atoms with Crippen LogP contribution in [0.5, 0.6) is 0 Å². The van der Waals surface area contributed by atoms with Gasteiger partial charge in [0, 0.05) is 50.5 Å². The molecule has 3 aliphatic rings. The van der Waals surface area contributed by atoms with Crippen molar-refractivity contribution in [3.8, 4) is 0 Å². The summed E-state index contributed by atoms with van der Waals surface area (Å²) in [6, 6.07) is 9.00. The van der Waals surface area contributed by atoms with Crippen LogP contribution < -0.4 is 4.90 Å². The van der Waals surface area contributed by atoms with Crippen LogP contribution in [0.25, 0.3) is 0 Å². The molecule has 0 amide bonds. The summed E-state index contributed by atoms with van der Waals surface area (Å²) in [5.41, 5.74) is 2.52. The first-order chi connectivity index (χ1) is 13.1. The topological polar surface area (TPSA) is 53.1 Å². The largest absolute Gasteiger partial charge is 0.378 e. The van der Waals surface area contributed by atoms with Crippen molar-refractivity contribution in [3.05, 3.63) is 29.8 Å². The third kappa shape index (κ3) is 4.31. The number of morpholine rings is 1. The summed E-state index contributed by atoms with van der Waals surface area (Å²) in [5, 5.41) is 0. The predicted octanol–water partition coefficient (Wildman–Crippen LogP) is 1.22. The van der Waals surface area contributed by atoms with E-state index in [2.05, 4.69) is 45.9 Å². The molecule has 6 nitrogen and oxygen atoms in total. The number of nitrogens with zero attached hydrogens (tertiary/aromatic N) is 3. The lowest BCUT2D eigenvalue weighted by Gasteiger charge is -2.44. The van der Waals surface area contributed by atoms with Gasteiger partial charge in [-0.1, -0.05) is 19.1 Å². The minimum atomic E-state index is -2.94. The fraction of sp³-hybridized carbons (Fsp3) is 0.700. The van der Waals surface area contributed by atoms with E-state index in [1.807, 2.05) is 0 Å². The van der Waals surface area contributed by atoms with Gasteiger partial charge in [-0.2, -0.15) is 0 Å². The van der Waals surface area contributed by atoms with E-state index in [9.17, 15) is 8.42 Å². The second-order valence-electron chi connectivity index (χ2n) is 7.99. The van der Waals surface area contributed by atoms with E-state index in [4.69, 9.17) is 4.74 Å². The maximum atomic E-state index is 12.3. The van der Waals surface area contributed by atoms with Crippen LogP contribution in [0.15, 0.2) is 24.3 Å². The average Bonchev–Trinajstić information content (AvgIpc) is 3.01. The van der Waals surface area contributed by atoms with Crippen molar-refractivity contribution in [2.75, 3.05) is 62.3 Å².